The fraction of sp³-hybridized carbons (Fsp3) is 0.381. The number of fused-ring (bicyclic) bond motifs is 1. The van der Waals surface area contributed by atoms with Crippen molar-refractivity contribution < 1.29 is 33.2 Å². The Bertz CT molecular complexity index is 2320. The smallest absolute Gasteiger partial charge is 0.255 e. The van der Waals surface area contributed by atoms with Gasteiger partial charge in [-0.05, 0) is 69.0 Å². The first-order chi connectivity index (χ1) is 28.9. The molecular weight excluding hydrogens is 809 g/mol. The number of nitrogens with one attached hydrogen (secondary N) is 5. The molecule has 1 aromatic heterocycles. The van der Waals surface area contributed by atoms with Crippen molar-refractivity contribution >= 4 is 82.2 Å². The number of imide groups is 1. The topological polar surface area (TPSA) is 196 Å². The van der Waals surface area contributed by atoms with Gasteiger partial charge in [0.1, 0.15) is 24.0 Å². The first-order valence-electron chi connectivity index (χ1n) is 19.9. The Morgan fingerprint density at radius 2 is 1.75 bits per heavy atom. The van der Waals surface area contributed by atoms with Crippen molar-refractivity contribution in [1.82, 2.24) is 25.5 Å². The first kappa shape index (κ1) is 42.4. The van der Waals surface area contributed by atoms with Gasteiger partial charge in [-0.25, -0.2) is 4.98 Å². The van der Waals surface area contributed by atoms with Gasteiger partial charge in [-0.15, -0.1) is 0 Å². The second-order valence-corrected chi connectivity index (χ2v) is 18.8. The molecule has 7 rings (SSSR count). The van der Waals surface area contributed by atoms with Gasteiger partial charge in [-0.3, -0.25) is 24.5 Å². The van der Waals surface area contributed by atoms with E-state index < -0.39 is 19.1 Å². The fourth-order valence-corrected chi connectivity index (χ4v) is 8.94. The molecule has 316 valence electrons. The predicted octanol–water partition coefficient (Wildman–Crippen LogP) is 5.24. The molecule has 0 bridgehead atoms. The maximum Gasteiger partial charge on any atom is 0.255 e. The molecule has 4 heterocycles. The number of rotatable bonds is 16. The minimum Gasteiger partial charge on any atom is -0.494 e. The normalized spacial score (nSPS) is 16.9. The van der Waals surface area contributed by atoms with Crippen LogP contribution in [0.3, 0.4) is 0 Å². The number of hydrogen-bond donors (Lipinski definition) is 5. The molecule has 0 aliphatic carbocycles. The van der Waals surface area contributed by atoms with Crippen LogP contribution >= 0.6 is 18.7 Å². The minimum atomic E-state index is -2.56. The Morgan fingerprint density at radius 3 is 2.52 bits per heavy atom. The maximum absolute atomic E-state index is 13.1. The zero-order valence-corrected chi connectivity index (χ0v) is 35.4. The summed E-state index contributed by atoms with van der Waals surface area (Å²) < 4.78 is 24.4. The van der Waals surface area contributed by atoms with Gasteiger partial charge in [-0.2, -0.15) is 4.98 Å². The number of ether oxygens (including phenoxy) is 2. The minimum absolute atomic E-state index is 0.0549. The Morgan fingerprint density at radius 1 is 0.967 bits per heavy atom. The van der Waals surface area contributed by atoms with Crippen LogP contribution in [0.1, 0.15) is 48.0 Å². The molecule has 3 aliphatic heterocycles. The van der Waals surface area contributed by atoms with Crippen molar-refractivity contribution in [3.8, 4) is 5.75 Å². The summed E-state index contributed by atoms with van der Waals surface area (Å²) in [6.45, 7) is 6.32. The van der Waals surface area contributed by atoms with Crippen LogP contribution in [0.25, 0.3) is 0 Å². The molecule has 0 saturated carbocycles. The average molecular weight is 858 g/mol. The molecule has 0 spiro atoms. The lowest BCUT2D eigenvalue weighted by Crippen LogP contribution is -2.52. The highest BCUT2D eigenvalue weighted by atomic mass is 35.5. The second-order valence-electron chi connectivity index (χ2n) is 15.2. The number of amides is 4. The molecule has 2 fully saturated rings. The van der Waals surface area contributed by atoms with Crippen molar-refractivity contribution in [2.45, 2.75) is 50.7 Å². The zero-order chi connectivity index (χ0) is 42.4. The van der Waals surface area contributed by atoms with Crippen LogP contribution in [0, 0.1) is 0 Å². The average Bonchev–Trinajstić information content (AvgIpc) is 3.56. The number of carbonyl (C=O) groups excluding carboxylic acids is 4. The molecule has 1 unspecified atom stereocenters. The quantitative estimate of drug-likeness (QED) is 0.0558. The van der Waals surface area contributed by atoms with Crippen molar-refractivity contribution in [2.75, 3.05) is 74.1 Å². The summed E-state index contributed by atoms with van der Waals surface area (Å²) in [6.07, 6.45) is 3.82. The van der Waals surface area contributed by atoms with Gasteiger partial charge in [0, 0.05) is 78.9 Å². The van der Waals surface area contributed by atoms with E-state index in [1.807, 2.05) is 48.5 Å². The van der Waals surface area contributed by atoms with Gasteiger partial charge >= 0.3 is 0 Å². The molecule has 5 N–H and O–H groups in total. The van der Waals surface area contributed by atoms with Crippen LogP contribution in [0.15, 0.2) is 66.9 Å². The van der Waals surface area contributed by atoms with Crippen LogP contribution in [0.2, 0.25) is 5.02 Å². The Kier molecular flexibility index (Phi) is 13.2. The number of halogens is 1. The first-order valence-corrected chi connectivity index (χ1v) is 22.9. The number of methoxy groups -OCH3 is 1. The SMILES string of the molecule is COc1cc(N2CCC(NC(=O)CCOCCNc3cccc4c3CN(C3CCC(=O)NC3=O)C4=O)CC2)ccc1Nc1ncc(Cl)c(Nc2ccccc2P(C)(C)=O)n1. The van der Waals surface area contributed by atoms with Crippen LogP contribution in [-0.2, 0) is 30.2 Å². The van der Waals surface area contributed by atoms with E-state index in [0.717, 1.165) is 42.9 Å². The lowest BCUT2D eigenvalue weighted by atomic mass is 10.0. The number of benzene rings is 3. The molecule has 1 atom stereocenters. The van der Waals surface area contributed by atoms with Crippen LogP contribution in [0.4, 0.5) is 34.5 Å². The third-order valence-electron chi connectivity index (χ3n) is 10.8. The van der Waals surface area contributed by atoms with E-state index in [1.165, 1.54) is 11.1 Å². The number of piperidine rings is 2. The molecule has 18 heteroatoms. The molecule has 0 radical (unpaired) electrons. The van der Waals surface area contributed by atoms with Crippen LogP contribution < -0.4 is 41.5 Å². The number of anilines is 6. The standard InChI is InChI=1S/C42H49ClN9O7P/c1-58-35-23-27(11-12-32(35)48-42-45-24-30(43)39(50-42)47-33-8-4-5-10-36(33)60(2,3)57)51-19-15-26(16-20-51)46-38(54)17-21-59-22-18-44-31-9-6-7-28-29(31)25-52(41(28)56)34-13-14-37(53)49-40(34)55/h4-12,23-24,26,34,44H,13-22,25H2,1-3H3,(H,46,54)(H,49,53,55)(H2,45,47,48,50). The summed E-state index contributed by atoms with van der Waals surface area (Å²) in [4.78, 5) is 62.6. The molecule has 4 aromatic rings. The Balaban J connectivity index is 0.832. The predicted molar refractivity (Wildman–Crippen MR) is 232 cm³/mol. The van der Waals surface area contributed by atoms with E-state index in [9.17, 15) is 23.7 Å². The van der Waals surface area contributed by atoms with E-state index in [1.54, 1.807) is 32.6 Å². The van der Waals surface area contributed by atoms with Gasteiger partial charge in [-0.1, -0.05) is 29.8 Å². The van der Waals surface area contributed by atoms with Gasteiger partial charge < -0.3 is 45.1 Å². The lowest BCUT2D eigenvalue weighted by molar-refractivity contribution is -0.137. The highest BCUT2D eigenvalue weighted by Crippen LogP contribution is 2.39. The van der Waals surface area contributed by atoms with Crippen molar-refractivity contribution in [3.63, 3.8) is 0 Å². The van der Waals surface area contributed by atoms with E-state index in [-0.39, 0.29) is 49.8 Å². The van der Waals surface area contributed by atoms with Crippen molar-refractivity contribution in [2.24, 2.45) is 0 Å². The summed E-state index contributed by atoms with van der Waals surface area (Å²) >= 11 is 6.45. The molecule has 60 heavy (non-hydrogen) atoms. The summed E-state index contributed by atoms with van der Waals surface area (Å²) in [5.74, 6) is 0.237. The zero-order valence-electron chi connectivity index (χ0n) is 33.8. The molecule has 4 amide bonds. The summed E-state index contributed by atoms with van der Waals surface area (Å²) in [6, 6.07) is 18.0. The van der Waals surface area contributed by atoms with Gasteiger partial charge in [0.05, 0.1) is 37.9 Å². The number of hydrogen-bond acceptors (Lipinski definition) is 13. The monoisotopic (exact) mass is 857 g/mol. The largest absolute Gasteiger partial charge is 0.494 e. The molecule has 3 aromatic carbocycles. The highest BCUT2D eigenvalue weighted by Gasteiger charge is 2.40. The van der Waals surface area contributed by atoms with E-state index in [4.69, 9.17) is 21.1 Å². The third-order valence-corrected chi connectivity index (χ3v) is 12.6. The fourth-order valence-electron chi connectivity index (χ4n) is 7.65. The van der Waals surface area contributed by atoms with Crippen LogP contribution in [0.5, 0.6) is 5.75 Å². The summed E-state index contributed by atoms with van der Waals surface area (Å²) in [5, 5.41) is 16.3. The van der Waals surface area contributed by atoms with E-state index in [2.05, 4.69) is 41.5 Å². The molecule has 16 nitrogen and oxygen atoms in total. The number of carbonyl (C=O) groups is 4. The third kappa shape index (κ3) is 10.0. The summed E-state index contributed by atoms with van der Waals surface area (Å²) in [5.41, 5.74) is 4.45. The number of aromatic nitrogens is 2. The van der Waals surface area contributed by atoms with E-state index in [0.29, 0.717) is 64.4 Å². The number of para-hydroxylation sites is 1. The van der Waals surface area contributed by atoms with Crippen molar-refractivity contribution in [1.29, 1.82) is 0 Å². The van der Waals surface area contributed by atoms with Crippen molar-refractivity contribution in [3.05, 3.63) is 83.0 Å². The van der Waals surface area contributed by atoms with E-state index >= 15 is 0 Å². The molecule has 3 aliphatic rings. The molecule has 2 saturated heterocycles. The lowest BCUT2D eigenvalue weighted by Gasteiger charge is -2.34. The van der Waals surface area contributed by atoms with Gasteiger partial charge in [0.25, 0.3) is 5.91 Å². The second kappa shape index (κ2) is 18.7. The Hall–Kier alpha value is -5.70. The van der Waals surface area contributed by atoms with Gasteiger partial charge in [0.2, 0.25) is 23.7 Å². The van der Waals surface area contributed by atoms with Gasteiger partial charge in [0.15, 0.2) is 5.82 Å². The highest BCUT2D eigenvalue weighted by molar-refractivity contribution is 7.70. The summed E-state index contributed by atoms with van der Waals surface area (Å²) in [7, 11) is -0.963. The Labute approximate surface area is 353 Å². The number of nitrogens with zero attached hydrogens (tertiary/aromatic N) is 4. The van der Waals surface area contributed by atoms with Crippen LogP contribution in [-0.4, -0.2) is 104 Å². The maximum atomic E-state index is 13.1. The molecular formula is C42H49ClN9O7P.